The fourth-order valence-corrected chi connectivity index (χ4v) is 1.93. The standard InChI is InChI=1S/C11H15BrF3N3/c1-7(6-18(2)3)17-10-9(11(13,14)15)4-8(12)5-16-10/h4-5,7H,6H2,1-3H3,(H,16,17). The highest BCUT2D eigenvalue weighted by atomic mass is 79.9. The zero-order chi connectivity index (χ0) is 13.9. The first kappa shape index (κ1) is 15.2. The Labute approximate surface area is 113 Å². The van der Waals surface area contributed by atoms with Gasteiger partial charge in [0.05, 0.1) is 5.56 Å². The van der Waals surface area contributed by atoms with E-state index < -0.39 is 11.7 Å². The number of pyridine rings is 1. The van der Waals surface area contributed by atoms with E-state index in [0.717, 1.165) is 6.07 Å². The Morgan fingerprint density at radius 1 is 1.44 bits per heavy atom. The quantitative estimate of drug-likeness (QED) is 0.921. The molecule has 0 saturated carbocycles. The van der Waals surface area contributed by atoms with Crippen molar-refractivity contribution in [2.24, 2.45) is 0 Å². The second-order valence-corrected chi connectivity index (χ2v) is 5.27. The summed E-state index contributed by atoms with van der Waals surface area (Å²) in [5.41, 5.74) is -0.762. The van der Waals surface area contributed by atoms with Crippen LogP contribution in [0.1, 0.15) is 12.5 Å². The van der Waals surface area contributed by atoms with Crippen LogP contribution in [0.2, 0.25) is 0 Å². The van der Waals surface area contributed by atoms with Crippen molar-refractivity contribution in [1.82, 2.24) is 9.88 Å². The van der Waals surface area contributed by atoms with Gasteiger partial charge in [0, 0.05) is 23.3 Å². The summed E-state index contributed by atoms with van der Waals surface area (Å²) < 4.78 is 38.8. The highest BCUT2D eigenvalue weighted by molar-refractivity contribution is 9.10. The molecular formula is C11H15BrF3N3. The average Bonchev–Trinajstić information content (AvgIpc) is 2.17. The topological polar surface area (TPSA) is 28.2 Å². The molecule has 0 spiro atoms. The number of alkyl halides is 3. The van der Waals surface area contributed by atoms with Gasteiger partial charge in [0.2, 0.25) is 0 Å². The molecule has 0 aliphatic carbocycles. The molecule has 0 amide bonds. The smallest absolute Gasteiger partial charge is 0.366 e. The van der Waals surface area contributed by atoms with Crippen LogP contribution in [0.3, 0.4) is 0 Å². The van der Waals surface area contributed by atoms with E-state index in [1.807, 2.05) is 25.9 Å². The second-order valence-electron chi connectivity index (χ2n) is 4.36. The van der Waals surface area contributed by atoms with Crippen molar-refractivity contribution in [3.05, 3.63) is 22.3 Å². The Hall–Kier alpha value is -0.820. The van der Waals surface area contributed by atoms with Gasteiger partial charge in [-0.1, -0.05) is 0 Å². The molecule has 1 unspecified atom stereocenters. The number of aromatic nitrogens is 1. The Kier molecular flexibility index (Phi) is 4.98. The van der Waals surface area contributed by atoms with E-state index in [0.29, 0.717) is 11.0 Å². The van der Waals surface area contributed by atoms with E-state index in [1.165, 1.54) is 6.20 Å². The zero-order valence-electron chi connectivity index (χ0n) is 10.3. The van der Waals surface area contributed by atoms with Crippen molar-refractivity contribution in [3.8, 4) is 0 Å². The van der Waals surface area contributed by atoms with Crippen molar-refractivity contribution in [3.63, 3.8) is 0 Å². The van der Waals surface area contributed by atoms with Crippen LogP contribution in [0.15, 0.2) is 16.7 Å². The minimum absolute atomic E-state index is 0.130. The summed E-state index contributed by atoms with van der Waals surface area (Å²) in [6.45, 7) is 2.43. The predicted octanol–water partition coefficient (Wildman–Crippen LogP) is 3.22. The molecule has 0 aliphatic heterocycles. The fraction of sp³-hybridized carbons (Fsp3) is 0.545. The van der Waals surface area contributed by atoms with Crippen molar-refractivity contribution >= 4 is 21.7 Å². The number of likely N-dealkylation sites (N-methyl/N-ethyl adjacent to an activating group) is 1. The van der Waals surface area contributed by atoms with E-state index >= 15 is 0 Å². The fourth-order valence-electron chi connectivity index (χ4n) is 1.60. The largest absolute Gasteiger partial charge is 0.419 e. The van der Waals surface area contributed by atoms with Gasteiger partial charge in [-0.2, -0.15) is 13.2 Å². The Morgan fingerprint density at radius 2 is 2.06 bits per heavy atom. The minimum atomic E-state index is -4.42. The van der Waals surface area contributed by atoms with Gasteiger partial charge in [-0.25, -0.2) is 4.98 Å². The number of rotatable bonds is 4. The highest BCUT2D eigenvalue weighted by Crippen LogP contribution is 2.35. The third-order valence-corrected chi connectivity index (χ3v) is 2.62. The van der Waals surface area contributed by atoms with Gasteiger partial charge >= 0.3 is 6.18 Å². The normalized spacial score (nSPS) is 13.8. The summed E-state index contributed by atoms with van der Waals surface area (Å²) in [5, 5.41) is 2.78. The zero-order valence-corrected chi connectivity index (χ0v) is 11.9. The van der Waals surface area contributed by atoms with Crippen LogP contribution < -0.4 is 5.32 Å². The Morgan fingerprint density at radius 3 is 2.56 bits per heavy atom. The molecule has 3 nitrogen and oxygen atoms in total. The minimum Gasteiger partial charge on any atom is -0.366 e. The van der Waals surface area contributed by atoms with Crippen LogP contribution in [0.4, 0.5) is 19.0 Å². The monoisotopic (exact) mass is 325 g/mol. The van der Waals surface area contributed by atoms with Gasteiger partial charge in [0.1, 0.15) is 5.82 Å². The molecule has 1 rings (SSSR count). The average molecular weight is 326 g/mol. The number of halogens is 4. The lowest BCUT2D eigenvalue weighted by Crippen LogP contribution is -2.30. The van der Waals surface area contributed by atoms with Crippen molar-refractivity contribution in [2.45, 2.75) is 19.1 Å². The van der Waals surface area contributed by atoms with E-state index in [2.05, 4.69) is 26.2 Å². The summed E-state index contributed by atoms with van der Waals surface area (Å²) in [5.74, 6) is -0.139. The van der Waals surface area contributed by atoms with Crippen LogP contribution >= 0.6 is 15.9 Å². The lowest BCUT2D eigenvalue weighted by atomic mass is 10.2. The first-order valence-corrected chi connectivity index (χ1v) is 6.13. The first-order valence-electron chi connectivity index (χ1n) is 5.34. The molecule has 18 heavy (non-hydrogen) atoms. The number of hydrogen-bond acceptors (Lipinski definition) is 3. The van der Waals surface area contributed by atoms with Crippen LogP contribution in [0.5, 0.6) is 0 Å². The van der Waals surface area contributed by atoms with Crippen LogP contribution in [0.25, 0.3) is 0 Å². The lowest BCUT2D eigenvalue weighted by molar-refractivity contribution is -0.137. The van der Waals surface area contributed by atoms with Crippen LogP contribution in [-0.4, -0.2) is 36.6 Å². The van der Waals surface area contributed by atoms with E-state index in [1.54, 1.807) is 0 Å². The third-order valence-electron chi connectivity index (χ3n) is 2.18. The molecule has 1 aromatic rings. The van der Waals surface area contributed by atoms with Gasteiger partial charge in [-0.05, 0) is 43.0 Å². The van der Waals surface area contributed by atoms with E-state index in [-0.39, 0.29) is 11.9 Å². The SMILES string of the molecule is CC(CN(C)C)Nc1ncc(Br)cc1C(F)(F)F. The molecule has 1 aromatic heterocycles. The molecule has 102 valence electrons. The molecule has 1 heterocycles. The summed E-state index contributed by atoms with van der Waals surface area (Å²) >= 11 is 3.00. The van der Waals surface area contributed by atoms with Crippen molar-refractivity contribution < 1.29 is 13.2 Å². The maximum Gasteiger partial charge on any atom is 0.419 e. The molecule has 7 heteroatoms. The highest BCUT2D eigenvalue weighted by Gasteiger charge is 2.34. The molecule has 1 atom stereocenters. The van der Waals surface area contributed by atoms with Gasteiger partial charge < -0.3 is 10.2 Å². The Bertz CT molecular complexity index is 407. The van der Waals surface area contributed by atoms with Gasteiger partial charge in [-0.15, -0.1) is 0 Å². The number of nitrogens with zero attached hydrogens (tertiary/aromatic N) is 2. The second kappa shape index (κ2) is 5.88. The molecular weight excluding hydrogens is 311 g/mol. The lowest BCUT2D eigenvalue weighted by Gasteiger charge is -2.21. The molecule has 0 aliphatic rings. The maximum absolute atomic E-state index is 12.8. The first-order chi connectivity index (χ1) is 8.20. The molecule has 0 saturated heterocycles. The number of nitrogens with one attached hydrogen (secondary N) is 1. The number of hydrogen-bond donors (Lipinski definition) is 1. The molecule has 1 N–H and O–H groups in total. The summed E-state index contributed by atoms with van der Waals surface area (Å²) in [4.78, 5) is 5.69. The van der Waals surface area contributed by atoms with Crippen molar-refractivity contribution in [1.29, 1.82) is 0 Å². The Balaban J connectivity index is 2.95. The molecule has 0 radical (unpaired) electrons. The van der Waals surface area contributed by atoms with Crippen molar-refractivity contribution in [2.75, 3.05) is 26.0 Å². The summed E-state index contributed by atoms with van der Waals surface area (Å²) in [7, 11) is 3.72. The van der Waals surface area contributed by atoms with Gasteiger partial charge in [0.25, 0.3) is 0 Å². The molecule has 0 bridgehead atoms. The van der Waals surface area contributed by atoms with Gasteiger partial charge in [0.15, 0.2) is 0 Å². The number of anilines is 1. The van der Waals surface area contributed by atoms with Crippen LogP contribution in [0, 0.1) is 0 Å². The van der Waals surface area contributed by atoms with Crippen LogP contribution in [-0.2, 0) is 6.18 Å². The van der Waals surface area contributed by atoms with Gasteiger partial charge in [-0.3, -0.25) is 0 Å². The molecule has 0 fully saturated rings. The predicted molar refractivity (Wildman–Crippen MR) is 68.6 cm³/mol. The summed E-state index contributed by atoms with van der Waals surface area (Å²) in [6, 6.07) is 0.896. The third kappa shape index (κ3) is 4.45. The van der Waals surface area contributed by atoms with E-state index in [9.17, 15) is 13.2 Å². The van der Waals surface area contributed by atoms with E-state index in [4.69, 9.17) is 0 Å². The maximum atomic E-state index is 12.8. The molecule has 0 aromatic carbocycles. The summed E-state index contributed by atoms with van der Waals surface area (Å²) in [6.07, 6.45) is -3.07.